The number of primary amides is 1. The molecular weight excluding hydrogens is 236 g/mol. The maximum absolute atomic E-state index is 11.6. The molecule has 2 rings (SSSR count). The Balaban J connectivity index is 1.96. The van der Waals surface area contributed by atoms with E-state index in [0.29, 0.717) is 17.7 Å². The molecule has 1 aromatic rings. The van der Waals surface area contributed by atoms with E-state index in [-0.39, 0.29) is 5.91 Å². The smallest absolute Gasteiger partial charge is 0.307 e. The number of nitrogens with one attached hydrogen (secondary N) is 1. The third kappa shape index (κ3) is 2.48. The number of nitrogens with two attached hydrogens (primary N) is 1. The summed E-state index contributed by atoms with van der Waals surface area (Å²) in [4.78, 5) is 33.1. The van der Waals surface area contributed by atoms with E-state index in [1.165, 1.54) is 12.1 Å². The normalized spacial score (nSPS) is 21.1. The van der Waals surface area contributed by atoms with Gasteiger partial charge >= 0.3 is 5.97 Å². The zero-order valence-corrected chi connectivity index (χ0v) is 9.42. The van der Waals surface area contributed by atoms with E-state index in [4.69, 9.17) is 10.8 Å². The van der Waals surface area contributed by atoms with Gasteiger partial charge in [0.25, 0.3) is 0 Å². The Kier molecular flexibility index (Phi) is 3.01. The molecule has 6 nitrogen and oxygen atoms in total. The molecule has 6 heteroatoms. The minimum Gasteiger partial charge on any atom is -0.481 e. The molecule has 1 fully saturated rings. The first kappa shape index (κ1) is 12.1. The number of aliphatic carboxylic acids is 1. The summed E-state index contributed by atoms with van der Waals surface area (Å²) in [5, 5.41) is 11.3. The van der Waals surface area contributed by atoms with Crippen LogP contribution in [-0.2, 0) is 9.59 Å². The topological polar surface area (TPSA) is 109 Å². The van der Waals surface area contributed by atoms with Crippen molar-refractivity contribution in [3.63, 3.8) is 0 Å². The SMILES string of the molecule is NC(=O)c1ccc(NC(=O)[C@H]2C[C@@H]2C(=O)O)cc1. The quantitative estimate of drug-likeness (QED) is 0.718. The van der Waals surface area contributed by atoms with Gasteiger partial charge in [0.15, 0.2) is 0 Å². The van der Waals surface area contributed by atoms with Gasteiger partial charge < -0.3 is 16.2 Å². The highest BCUT2D eigenvalue weighted by molar-refractivity contribution is 5.99. The van der Waals surface area contributed by atoms with Gasteiger partial charge in [-0.2, -0.15) is 0 Å². The first-order chi connectivity index (χ1) is 8.49. The highest BCUT2D eigenvalue weighted by atomic mass is 16.4. The van der Waals surface area contributed by atoms with Gasteiger partial charge in [-0.05, 0) is 30.7 Å². The van der Waals surface area contributed by atoms with E-state index < -0.39 is 23.7 Å². The van der Waals surface area contributed by atoms with Gasteiger partial charge in [-0.15, -0.1) is 0 Å². The van der Waals surface area contributed by atoms with Crippen LogP contribution in [-0.4, -0.2) is 22.9 Å². The molecule has 0 spiro atoms. The standard InChI is InChI=1S/C12H12N2O4/c13-10(15)6-1-3-7(4-2-6)14-11(16)8-5-9(8)12(17)18/h1-4,8-9H,5H2,(H2,13,15)(H,14,16)(H,17,18)/t8-,9-/m0/s1. The number of hydrogen-bond donors (Lipinski definition) is 3. The Morgan fingerprint density at radius 3 is 2.22 bits per heavy atom. The van der Waals surface area contributed by atoms with E-state index in [1.54, 1.807) is 12.1 Å². The number of rotatable bonds is 4. The molecule has 1 aliphatic rings. The van der Waals surface area contributed by atoms with Gasteiger partial charge in [-0.1, -0.05) is 0 Å². The minimum atomic E-state index is -0.945. The van der Waals surface area contributed by atoms with Crippen molar-refractivity contribution in [2.45, 2.75) is 6.42 Å². The number of carboxylic acid groups (broad SMARTS) is 1. The van der Waals surface area contributed by atoms with Gasteiger partial charge in [-0.3, -0.25) is 14.4 Å². The number of hydrogen-bond acceptors (Lipinski definition) is 3. The number of anilines is 1. The molecule has 0 heterocycles. The average molecular weight is 248 g/mol. The molecule has 0 aliphatic heterocycles. The molecule has 0 bridgehead atoms. The van der Waals surface area contributed by atoms with Crippen LogP contribution in [0.5, 0.6) is 0 Å². The van der Waals surface area contributed by atoms with Crippen molar-refractivity contribution in [1.82, 2.24) is 0 Å². The molecule has 0 radical (unpaired) electrons. The summed E-state index contributed by atoms with van der Waals surface area (Å²) in [6, 6.07) is 6.10. The van der Waals surface area contributed by atoms with Crippen molar-refractivity contribution in [2.24, 2.45) is 17.6 Å². The van der Waals surface area contributed by atoms with Crippen LogP contribution >= 0.6 is 0 Å². The fourth-order valence-corrected chi connectivity index (χ4v) is 1.71. The first-order valence-corrected chi connectivity index (χ1v) is 5.42. The predicted octanol–water partition coefficient (Wildman–Crippen LogP) is 0.445. The van der Waals surface area contributed by atoms with E-state index in [2.05, 4.69) is 5.32 Å². The van der Waals surface area contributed by atoms with Crippen LogP contribution in [0.25, 0.3) is 0 Å². The third-order valence-corrected chi connectivity index (χ3v) is 2.88. The fraction of sp³-hybridized carbons (Fsp3) is 0.250. The molecule has 18 heavy (non-hydrogen) atoms. The zero-order chi connectivity index (χ0) is 13.3. The highest BCUT2D eigenvalue weighted by Gasteiger charge is 2.48. The molecule has 2 atom stereocenters. The Labute approximate surface area is 103 Å². The van der Waals surface area contributed by atoms with Crippen LogP contribution in [0.1, 0.15) is 16.8 Å². The molecule has 4 N–H and O–H groups in total. The Hall–Kier alpha value is -2.37. The number of carbonyl (C=O) groups excluding carboxylic acids is 2. The first-order valence-electron chi connectivity index (χ1n) is 5.42. The minimum absolute atomic E-state index is 0.311. The third-order valence-electron chi connectivity index (χ3n) is 2.88. The summed E-state index contributed by atoms with van der Waals surface area (Å²) in [6.07, 6.45) is 0.376. The lowest BCUT2D eigenvalue weighted by molar-refractivity contribution is -0.139. The molecule has 1 aromatic carbocycles. The van der Waals surface area contributed by atoms with E-state index in [0.717, 1.165) is 0 Å². The zero-order valence-electron chi connectivity index (χ0n) is 9.42. The van der Waals surface area contributed by atoms with Crippen molar-refractivity contribution in [3.8, 4) is 0 Å². The maximum Gasteiger partial charge on any atom is 0.307 e. The van der Waals surface area contributed by atoms with Crippen molar-refractivity contribution in [2.75, 3.05) is 5.32 Å². The molecule has 0 aromatic heterocycles. The number of carbonyl (C=O) groups is 3. The van der Waals surface area contributed by atoms with Crippen LogP contribution in [0.4, 0.5) is 5.69 Å². The second-order valence-corrected chi connectivity index (χ2v) is 4.22. The van der Waals surface area contributed by atoms with Gasteiger partial charge in [0.1, 0.15) is 0 Å². The summed E-state index contributed by atoms with van der Waals surface area (Å²) < 4.78 is 0. The predicted molar refractivity (Wildman–Crippen MR) is 62.8 cm³/mol. The molecule has 94 valence electrons. The van der Waals surface area contributed by atoms with Gasteiger partial charge in [0, 0.05) is 11.3 Å². The van der Waals surface area contributed by atoms with Crippen LogP contribution in [0.2, 0.25) is 0 Å². The largest absolute Gasteiger partial charge is 0.481 e. The van der Waals surface area contributed by atoms with E-state index >= 15 is 0 Å². The van der Waals surface area contributed by atoms with Crippen LogP contribution in [0, 0.1) is 11.8 Å². The Morgan fingerprint density at radius 1 is 1.17 bits per heavy atom. The summed E-state index contributed by atoms with van der Waals surface area (Å²) in [7, 11) is 0. The van der Waals surface area contributed by atoms with Gasteiger partial charge in [-0.25, -0.2) is 0 Å². The molecule has 0 unspecified atom stereocenters. The van der Waals surface area contributed by atoms with Crippen molar-refractivity contribution < 1.29 is 19.5 Å². The second kappa shape index (κ2) is 4.48. The average Bonchev–Trinajstić information content (AvgIpc) is 3.09. The Bertz CT molecular complexity index is 509. The van der Waals surface area contributed by atoms with Crippen LogP contribution in [0.15, 0.2) is 24.3 Å². The highest BCUT2D eigenvalue weighted by Crippen LogP contribution is 2.39. The van der Waals surface area contributed by atoms with Gasteiger partial charge in [0.05, 0.1) is 11.8 Å². The molecule has 2 amide bonds. The number of carboxylic acids is 1. The summed E-state index contributed by atoms with van der Waals surface area (Å²) >= 11 is 0. The summed E-state index contributed by atoms with van der Waals surface area (Å²) in [5.41, 5.74) is 5.95. The van der Waals surface area contributed by atoms with Crippen molar-refractivity contribution in [1.29, 1.82) is 0 Å². The lowest BCUT2D eigenvalue weighted by Crippen LogP contribution is -2.17. The molecule has 0 saturated heterocycles. The maximum atomic E-state index is 11.6. The lowest BCUT2D eigenvalue weighted by Gasteiger charge is -2.04. The van der Waals surface area contributed by atoms with Crippen LogP contribution < -0.4 is 11.1 Å². The van der Waals surface area contributed by atoms with E-state index in [9.17, 15) is 14.4 Å². The van der Waals surface area contributed by atoms with Crippen molar-refractivity contribution in [3.05, 3.63) is 29.8 Å². The lowest BCUT2D eigenvalue weighted by atomic mass is 10.2. The van der Waals surface area contributed by atoms with Crippen molar-refractivity contribution >= 4 is 23.5 Å². The molecule has 1 saturated carbocycles. The second-order valence-electron chi connectivity index (χ2n) is 4.22. The molecular formula is C12H12N2O4. The summed E-state index contributed by atoms with van der Waals surface area (Å²) in [5.74, 6) is -2.83. The van der Waals surface area contributed by atoms with E-state index in [1.807, 2.05) is 0 Å². The monoisotopic (exact) mass is 248 g/mol. The summed E-state index contributed by atoms with van der Waals surface area (Å²) in [6.45, 7) is 0. The molecule has 1 aliphatic carbocycles. The number of amides is 2. The Morgan fingerprint density at radius 2 is 1.78 bits per heavy atom. The van der Waals surface area contributed by atoms with Crippen LogP contribution in [0.3, 0.4) is 0 Å². The number of benzene rings is 1. The van der Waals surface area contributed by atoms with Gasteiger partial charge in [0.2, 0.25) is 11.8 Å². The fourth-order valence-electron chi connectivity index (χ4n) is 1.71.